The molecule has 0 N–H and O–H groups in total. The van der Waals surface area contributed by atoms with E-state index in [0.29, 0.717) is 5.75 Å². The summed E-state index contributed by atoms with van der Waals surface area (Å²) in [4.78, 5) is 6.77. The maximum Gasteiger partial charge on any atom is 0.164 e. The minimum atomic E-state index is -3.05. The van der Waals surface area contributed by atoms with Gasteiger partial charge < -0.3 is 4.90 Å². The predicted octanol–water partition coefficient (Wildman–Crippen LogP) is 3.41. The number of hydrogen-bond donors (Lipinski definition) is 0. The number of aliphatic imine (C=N–C) groups is 1. The number of nitrogens with zero attached hydrogens (tertiary/aromatic N) is 2. The molecule has 1 saturated heterocycles. The molecule has 0 aromatic heterocycles. The first kappa shape index (κ1) is 17.5. The molecule has 2 atom stereocenters. The van der Waals surface area contributed by atoms with Crippen molar-refractivity contribution in [1.29, 1.82) is 0 Å². The van der Waals surface area contributed by atoms with Crippen LogP contribution >= 0.6 is 11.8 Å². The number of anilines is 1. The van der Waals surface area contributed by atoms with Crippen molar-refractivity contribution in [3.8, 4) is 0 Å². The van der Waals surface area contributed by atoms with Crippen molar-refractivity contribution in [1.82, 2.24) is 0 Å². The number of aryl methyl sites for hydroxylation is 1. The highest BCUT2D eigenvalue weighted by atomic mass is 32.2. The molecular formula is C19H19FN2O2S2. The van der Waals surface area contributed by atoms with Gasteiger partial charge in [0, 0.05) is 11.4 Å². The molecule has 0 bridgehead atoms. The summed E-state index contributed by atoms with van der Waals surface area (Å²) in [5.41, 5.74) is 3.12. The number of halogens is 1. The van der Waals surface area contributed by atoms with Crippen molar-refractivity contribution in [2.75, 3.05) is 16.4 Å². The van der Waals surface area contributed by atoms with Crippen molar-refractivity contribution >= 4 is 32.5 Å². The van der Waals surface area contributed by atoms with Crippen LogP contribution in [0.1, 0.15) is 11.1 Å². The third-order valence-corrected chi connectivity index (χ3v) is 7.44. The molecule has 0 radical (unpaired) electrons. The van der Waals surface area contributed by atoms with E-state index in [9.17, 15) is 12.8 Å². The van der Waals surface area contributed by atoms with Crippen molar-refractivity contribution in [2.45, 2.75) is 24.8 Å². The summed E-state index contributed by atoms with van der Waals surface area (Å²) in [5.74, 6) is 0.655. The minimum absolute atomic E-state index is 0.112. The van der Waals surface area contributed by atoms with E-state index in [4.69, 9.17) is 4.99 Å². The van der Waals surface area contributed by atoms with E-state index in [1.165, 1.54) is 12.1 Å². The molecule has 26 heavy (non-hydrogen) atoms. The van der Waals surface area contributed by atoms with Gasteiger partial charge in [0.05, 0.1) is 23.6 Å². The van der Waals surface area contributed by atoms with Crippen LogP contribution in [0.4, 0.5) is 10.1 Å². The zero-order valence-corrected chi connectivity index (χ0v) is 15.9. The maximum absolute atomic E-state index is 13.1. The molecule has 2 aliphatic rings. The fourth-order valence-corrected chi connectivity index (χ4v) is 6.29. The number of thioether (sulfide) groups is 1. The molecule has 1 fully saturated rings. The zero-order chi connectivity index (χ0) is 18.3. The van der Waals surface area contributed by atoms with Gasteiger partial charge in [-0.15, -0.1) is 0 Å². The highest BCUT2D eigenvalue weighted by Crippen LogP contribution is 2.36. The van der Waals surface area contributed by atoms with E-state index < -0.39 is 9.84 Å². The zero-order valence-electron chi connectivity index (χ0n) is 14.3. The van der Waals surface area contributed by atoms with E-state index in [-0.39, 0.29) is 29.4 Å². The topological polar surface area (TPSA) is 49.7 Å². The number of hydrogen-bond acceptors (Lipinski definition) is 5. The normalized spacial score (nSPS) is 23.8. The molecule has 0 aliphatic carbocycles. The van der Waals surface area contributed by atoms with Gasteiger partial charge >= 0.3 is 0 Å². The summed E-state index contributed by atoms with van der Waals surface area (Å²) in [6.07, 6.45) is 0. The van der Waals surface area contributed by atoms with Gasteiger partial charge in [0.25, 0.3) is 0 Å². The Labute approximate surface area is 157 Å². The summed E-state index contributed by atoms with van der Waals surface area (Å²) in [6, 6.07) is 14.1. The van der Waals surface area contributed by atoms with E-state index in [0.717, 1.165) is 22.0 Å². The molecule has 2 aliphatic heterocycles. The third-order valence-electron chi connectivity index (χ3n) is 4.70. The molecule has 136 valence electrons. The smallest absolute Gasteiger partial charge is 0.164 e. The van der Waals surface area contributed by atoms with Crippen LogP contribution in [0.2, 0.25) is 0 Å². The van der Waals surface area contributed by atoms with Crippen LogP contribution in [0.3, 0.4) is 0 Å². The molecule has 0 amide bonds. The Morgan fingerprint density at radius 3 is 2.50 bits per heavy atom. The van der Waals surface area contributed by atoms with Crippen LogP contribution in [0.25, 0.3) is 0 Å². The molecule has 2 aromatic rings. The standard InChI is InChI=1S/C19H19FN2O2S2/c1-13-2-8-16(9-3-13)22-18-12-26(23,24)11-17(18)21-19(22)25-10-14-4-6-15(20)7-5-14/h2-9,17-18H,10-12H2,1H3. The summed E-state index contributed by atoms with van der Waals surface area (Å²) < 4.78 is 37.2. The Balaban J connectivity index is 1.60. The van der Waals surface area contributed by atoms with Crippen molar-refractivity contribution in [3.05, 3.63) is 65.5 Å². The molecule has 4 nitrogen and oxygen atoms in total. The highest BCUT2D eigenvalue weighted by Gasteiger charge is 2.47. The maximum atomic E-state index is 13.1. The van der Waals surface area contributed by atoms with Gasteiger partial charge in [-0.2, -0.15) is 0 Å². The summed E-state index contributed by atoms with van der Waals surface area (Å²) in [6.45, 7) is 2.02. The summed E-state index contributed by atoms with van der Waals surface area (Å²) in [7, 11) is -3.05. The SMILES string of the molecule is Cc1ccc(N2C(SCc3ccc(F)cc3)=NC3CS(=O)(=O)CC32)cc1. The lowest BCUT2D eigenvalue weighted by Crippen LogP contribution is -2.39. The second-order valence-corrected chi connectivity index (χ2v) is 9.84. The van der Waals surface area contributed by atoms with Crippen LogP contribution < -0.4 is 4.90 Å². The molecule has 4 rings (SSSR count). The number of benzene rings is 2. The number of amidine groups is 1. The molecule has 2 unspecified atom stereocenters. The summed E-state index contributed by atoms with van der Waals surface area (Å²) in [5, 5.41) is 0.836. The van der Waals surface area contributed by atoms with Crippen molar-refractivity contribution in [2.24, 2.45) is 4.99 Å². The van der Waals surface area contributed by atoms with E-state index in [1.807, 2.05) is 31.2 Å². The fourth-order valence-electron chi connectivity index (χ4n) is 3.37. The van der Waals surface area contributed by atoms with Crippen LogP contribution in [0.5, 0.6) is 0 Å². The van der Waals surface area contributed by atoms with Gasteiger partial charge in [0.2, 0.25) is 0 Å². The lowest BCUT2D eigenvalue weighted by molar-refractivity contribution is 0.601. The average molecular weight is 391 g/mol. The van der Waals surface area contributed by atoms with Crippen molar-refractivity contribution in [3.63, 3.8) is 0 Å². The van der Waals surface area contributed by atoms with Gasteiger partial charge in [-0.25, -0.2) is 12.8 Å². The lowest BCUT2D eigenvalue weighted by Gasteiger charge is -2.26. The fraction of sp³-hybridized carbons (Fsp3) is 0.316. The van der Waals surface area contributed by atoms with Gasteiger partial charge in [0.1, 0.15) is 5.82 Å². The second-order valence-electron chi connectivity index (χ2n) is 6.74. The lowest BCUT2D eigenvalue weighted by atomic mass is 10.1. The first-order chi connectivity index (χ1) is 12.4. The molecule has 2 heterocycles. The average Bonchev–Trinajstić information content (AvgIpc) is 3.06. The van der Waals surface area contributed by atoms with Crippen LogP contribution in [0, 0.1) is 12.7 Å². The monoisotopic (exact) mass is 390 g/mol. The van der Waals surface area contributed by atoms with Crippen LogP contribution in [-0.2, 0) is 15.6 Å². The van der Waals surface area contributed by atoms with Crippen LogP contribution in [0.15, 0.2) is 53.5 Å². The largest absolute Gasteiger partial charge is 0.315 e. The highest BCUT2D eigenvalue weighted by molar-refractivity contribution is 8.13. The molecule has 0 spiro atoms. The first-order valence-electron chi connectivity index (χ1n) is 8.43. The Morgan fingerprint density at radius 1 is 1.12 bits per heavy atom. The molecular weight excluding hydrogens is 371 g/mol. The quantitative estimate of drug-likeness (QED) is 0.806. The number of sulfone groups is 1. The first-order valence-corrected chi connectivity index (χ1v) is 11.2. The van der Waals surface area contributed by atoms with E-state index in [1.54, 1.807) is 23.9 Å². The van der Waals surface area contributed by atoms with Crippen LogP contribution in [-0.4, -0.2) is 37.2 Å². The van der Waals surface area contributed by atoms with Gasteiger partial charge in [-0.1, -0.05) is 41.6 Å². The molecule has 2 aromatic carbocycles. The second kappa shape index (κ2) is 6.70. The van der Waals surface area contributed by atoms with Gasteiger partial charge in [0.15, 0.2) is 15.0 Å². The Morgan fingerprint density at radius 2 is 1.81 bits per heavy atom. The third kappa shape index (κ3) is 3.50. The van der Waals surface area contributed by atoms with E-state index >= 15 is 0 Å². The Kier molecular flexibility index (Phi) is 4.52. The van der Waals surface area contributed by atoms with Crippen molar-refractivity contribution < 1.29 is 12.8 Å². The molecule has 0 saturated carbocycles. The van der Waals surface area contributed by atoms with E-state index in [2.05, 4.69) is 4.90 Å². The van der Waals surface area contributed by atoms with Gasteiger partial charge in [-0.05, 0) is 36.8 Å². The predicted molar refractivity (Wildman–Crippen MR) is 105 cm³/mol. The number of fused-ring (bicyclic) bond motifs is 1. The Bertz CT molecular complexity index is 941. The summed E-state index contributed by atoms with van der Waals surface area (Å²) >= 11 is 1.57. The minimum Gasteiger partial charge on any atom is -0.315 e. The number of rotatable bonds is 3. The van der Waals surface area contributed by atoms with Gasteiger partial charge in [-0.3, -0.25) is 4.99 Å². The molecule has 7 heteroatoms. The Hall–Kier alpha value is -1.86.